The zero-order chi connectivity index (χ0) is 9.97. The minimum absolute atomic E-state index is 0.614. The molecule has 2 aromatic heterocycles. The van der Waals surface area contributed by atoms with Crippen molar-refractivity contribution in [2.45, 2.75) is 0 Å². The molecule has 0 atom stereocenters. The van der Waals surface area contributed by atoms with Crippen LogP contribution >= 0.6 is 0 Å². The Morgan fingerprint density at radius 1 is 1.50 bits per heavy atom. The van der Waals surface area contributed by atoms with Gasteiger partial charge in [0.15, 0.2) is 5.82 Å². The van der Waals surface area contributed by atoms with Crippen molar-refractivity contribution in [2.75, 3.05) is 18.4 Å². The number of hydrogen-bond donors (Lipinski definition) is 2. The summed E-state index contributed by atoms with van der Waals surface area (Å²) in [6.07, 6.45) is 3.83. The van der Waals surface area contributed by atoms with Crippen molar-refractivity contribution in [3.05, 3.63) is 24.5 Å². The van der Waals surface area contributed by atoms with Crippen LogP contribution < -0.4 is 11.1 Å². The number of aromatic nitrogens is 2. The van der Waals surface area contributed by atoms with Crippen LogP contribution in [0.15, 0.2) is 24.5 Å². The van der Waals surface area contributed by atoms with Gasteiger partial charge in [-0.25, -0.2) is 4.98 Å². The van der Waals surface area contributed by atoms with Crippen molar-refractivity contribution < 1.29 is 0 Å². The van der Waals surface area contributed by atoms with Gasteiger partial charge < -0.3 is 15.6 Å². The van der Waals surface area contributed by atoms with Gasteiger partial charge in [0.1, 0.15) is 0 Å². The third kappa shape index (κ3) is 1.44. The van der Waals surface area contributed by atoms with Crippen molar-refractivity contribution in [1.29, 1.82) is 0 Å². The van der Waals surface area contributed by atoms with Crippen LogP contribution in [0, 0.1) is 0 Å². The number of hydrogen-bond acceptors (Lipinski definition) is 3. The van der Waals surface area contributed by atoms with Gasteiger partial charge in [-0.3, -0.25) is 0 Å². The average Bonchev–Trinajstić information content (AvgIpc) is 2.58. The van der Waals surface area contributed by atoms with Crippen molar-refractivity contribution in [2.24, 2.45) is 12.8 Å². The largest absolute Gasteiger partial charge is 0.367 e. The van der Waals surface area contributed by atoms with Crippen LogP contribution in [0.4, 0.5) is 5.82 Å². The summed E-state index contributed by atoms with van der Waals surface area (Å²) >= 11 is 0. The molecule has 2 aromatic rings. The van der Waals surface area contributed by atoms with Crippen LogP contribution in [0.5, 0.6) is 0 Å². The predicted molar refractivity (Wildman–Crippen MR) is 58.3 cm³/mol. The first-order chi connectivity index (χ1) is 6.83. The maximum Gasteiger partial charge on any atom is 0.150 e. The molecule has 0 saturated heterocycles. The van der Waals surface area contributed by atoms with Gasteiger partial charge >= 0.3 is 0 Å². The number of fused-ring (bicyclic) bond motifs is 1. The van der Waals surface area contributed by atoms with E-state index in [-0.39, 0.29) is 0 Å². The Balaban J connectivity index is 2.46. The van der Waals surface area contributed by atoms with E-state index in [1.54, 1.807) is 6.20 Å². The van der Waals surface area contributed by atoms with Crippen molar-refractivity contribution in [3.8, 4) is 0 Å². The Hall–Kier alpha value is -1.55. The molecule has 4 nitrogen and oxygen atoms in total. The van der Waals surface area contributed by atoms with Crippen LogP contribution in [0.1, 0.15) is 0 Å². The summed E-state index contributed by atoms with van der Waals surface area (Å²) in [5.41, 5.74) is 6.56. The number of aryl methyl sites for hydroxylation is 1. The minimum Gasteiger partial charge on any atom is -0.367 e. The number of pyridine rings is 1. The molecule has 14 heavy (non-hydrogen) atoms. The summed E-state index contributed by atoms with van der Waals surface area (Å²) in [6.45, 7) is 1.36. The monoisotopic (exact) mass is 190 g/mol. The highest BCUT2D eigenvalue weighted by Gasteiger charge is 2.04. The van der Waals surface area contributed by atoms with Gasteiger partial charge in [-0.2, -0.15) is 0 Å². The van der Waals surface area contributed by atoms with Gasteiger partial charge in [0.25, 0.3) is 0 Å². The van der Waals surface area contributed by atoms with Gasteiger partial charge in [-0.1, -0.05) is 0 Å². The lowest BCUT2D eigenvalue weighted by Crippen LogP contribution is -2.14. The second-order valence-corrected chi connectivity index (χ2v) is 3.24. The highest BCUT2D eigenvalue weighted by atomic mass is 15.0. The molecule has 0 bridgehead atoms. The van der Waals surface area contributed by atoms with E-state index in [0.717, 1.165) is 17.9 Å². The molecule has 0 fully saturated rings. The first kappa shape index (κ1) is 9.02. The van der Waals surface area contributed by atoms with E-state index in [2.05, 4.69) is 20.9 Å². The van der Waals surface area contributed by atoms with Crippen molar-refractivity contribution in [1.82, 2.24) is 9.55 Å². The van der Waals surface area contributed by atoms with Crippen LogP contribution in [-0.4, -0.2) is 22.6 Å². The molecule has 0 radical (unpaired) electrons. The van der Waals surface area contributed by atoms with Gasteiger partial charge in [-0.15, -0.1) is 0 Å². The molecule has 0 aromatic carbocycles. The zero-order valence-electron chi connectivity index (χ0n) is 8.20. The highest BCUT2D eigenvalue weighted by Crippen LogP contribution is 2.20. The third-order valence-corrected chi connectivity index (χ3v) is 2.22. The number of nitrogens with two attached hydrogens (primary N) is 1. The molecule has 2 heterocycles. The Morgan fingerprint density at radius 2 is 2.36 bits per heavy atom. The third-order valence-electron chi connectivity index (χ3n) is 2.22. The summed E-state index contributed by atoms with van der Waals surface area (Å²) in [7, 11) is 2.01. The molecular weight excluding hydrogens is 176 g/mol. The fourth-order valence-corrected chi connectivity index (χ4v) is 1.56. The van der Waals surface area contributed by atoms with Crippen LogP contribution in [0.3, 0.4) is 0 Å². The Kier molecular flexibility index (Phi) is 2.37. The van der Waals surface area contributed by atoms with E-state index in [0.29, 0.717) is 6.54 Å². The molecule has 0 saturated carbocycles. The van der Waals surface area contributed by atoms with Crippen LogP contribution in [0.2, 0.25) is 0 Å². The van der Waals surface area contributed by atoms with Crippen LogP contribution in [-0.2, 0) is 7.05 Å². The summed E-state index contributed by atoms with van der Waals surface area (Å²) in [5, 5.41) is 4.40. The first-order valence-corrected chi connectivity index (χ1v) is 4.67. The first-order valence-electron chi connectivity index (χ1n) is 4.67. The topological polar surface area (TPSA) is 55.9 Å². The molecule has 0 aliphatic carbocycles. The van der Waals surface area contributed by atoms with Gasteiger partial charge in [0, 0.05) is 37.9 Å². The molecule has 3 N–H and O–H groups in total. The highest BCUT2D eigenvalue weighted by molar-refractivity contribution is 5.89. The molecule has 0 spiro atoms. The van der Waals surface area contributed by atoms with E-state index in [4.69, 9.17) is 5.73 Å². The second kappa shape index (κ2) is 3.67. The molecule has 0 aliphatic heterocycles. The quantitative estimate of drug-likeness (QED) is 0.757. The fraction of sp³-hybridized carbons (Fsp3) is 0.300. The van der Waals surface area contributed by atoms with E-state index < -0.39 is 0 Å². The van der Waals surface area contributed by atoms with Gasteiger partial charge in [0.05, 0.1) is 5.52 Å². The number of nitrogens with one attached hydrogen (secondary N) is 1. The number of nitrogens with zero attached hydrogens (tertiary/aromatic N) is 2. The second-order valence-electron chi connectivity index (χ2n) is 3.24. The summed E-state index contributed by atoms with van der Waals surface area (Å²) in [6, 6.07) is 4.08. The lowest BCUT2D eigenvalue weighted by Gasteiger charge is -2.06. The lowest BCUT2D eigenvalue weighted by molar-refractivity contribution is 0.957. The Morgan fingerprint density at radius 3 is 3.14 bits per heavy atom. The van der Waals surface area contributed by atoms with Gasteiger partial charge in [0.2, 0.25) is 0 Å². The van der Waals surface area contributed by atoms with E-state index in [1.165, 1.54) is 5.39 Å². The SMILES string of the molecule is Cn1ccc2ccnc(NCCN)c21. The summed E-state index contributed by atoms with van der Waals surface area (Å²) in [4.78, 5) is 4.29. The van der Waals surface area contributed by atoms with E-state index >= 15 is 0 Å². The summed E-state index contributed by atoms with van der Waals surface area (Å²) < 4.78 is 2.06. The number of rotatable bonds is 3. The molecule has 74 valence electrons. The molecular formula is C10H14N4. The molecule has 0 aliphatic rings. The fourth-order valence-electron chi connectivity index (χ4n) is 1.56. The molecule has 2 rings (SSSR count). The average molecular weight is 190 g/mol. The standard InChI is InChI=1S/C10H14N4/c1-14-7-3-8-2-5-12-10(9(8)14)13-6-4-11/h2-3,5,7H,4,6,11H2,1H3,(H,12,13). The van der Waals surface area contributed by atoms with Crippen molar-refractivity contribution >= 4 is 16.7 Å². The maximum atomic E-state index is 5.44. The van der Waals surface area contributed by atoms with E-state index in [1.807, 2.05) is 19.3 Å². The zero-order valence-corrected chi connectivity index (χ0v) is 8.20. The lowest BCUT2D eigenvalue weighted by atomic mass is 10.3. The molecule has 0 amide bonds. The van der Waals surface area contributed by atoms with Gasteiger partial charge in [-0.05, 0) is 12.1 Å². The van der Waals surface area contributed by atoms with E-state index in [9.17, 15) is 0 Å². The predicted octanol–water partition coefficient (Wildman–Crippen LogP) is 0.944. The maximum absolute atomic E-state index is 5.44. The summed E-state index contributed by atoms with van der Waals surface area (Å²) in [5.74, 6) is 0.903. The number of anilines is 1. The van der Waals surface area contributed by atoms with Crippen molar-refractivity contribution in [3.63, 3.8) is 0 Å². The Labute approximate surface area is 82.7 Å². The molecule has 4 heteroatoms. The smallest absolute Gasteiger partial charge is 0.150 e. The molecule has 0 unspecified atom stereocenters. The normalized spacial score (nSPS) is 10.7. The Bertz CT molecular complexity index is 433. The minimum atomic E-state index is 0.614. The van der Waals surface area contributed by atoms with Crippen LogP contribution in [0.25, 0.3) is 10.9 Å².